The third-order valence-corrected chi connectivity index (χ3v) is 5.11. The van der Waals surface area contributed by atoms with Gasteiger partial charge in [0.15, 0.2) is 11.5 Å². The maximum atomic E-state index is 13.9. The number of fused-ring (bicyclic) bond motifs is 2. The van der Waals surface area contributed by atoms with Crippen LogP contribution in [0.1, 0.15) is 11.4 Å². The molecule has 0 bridgehead atoms. The van der Waals surface area contributed by atoms with Crippen LogP contribution in [0, 0.1) is 12.7 Å². The van der Waals surface area contributed by atoms with Crippen LogP contribution in [0.15, 0.2) is 59.9 Å². The fourth-order valence-corrected chi connectivity index (χ4v) is 3.70. The van der Waals surface area contributed by atoms with Crippen LogP contribution in [0.3, 0.4) is 0 Å². The summed E-state index contributed by atoms with van der Waals surface area (Å²) in [5.74, 6) is 0.210. The molecule has 0 aliphatic heterocycles. The SMILES string of the molecule is Cc1cccc2nc(CCNc3ncnc4nc[nH]c34)c(-c3cccc(F)c3)c(=O)n12. The van der Waals surface area contributed by atoms with E-state index in [2.05, 4.69) is 25.3 Å². The number of aromatic amines is 1. The topological polar surface area (TPSA) is 101 Å². The van der Waals surface area contributed by atoms with Crippen LogP contribution in [0.5, 0.6) is 0 Å². The largest absolute Gasteiger partial charge is 0.368 e. The predicted octanol–water partition coefficient (Wildman–Crippen LogP) is 3.13. The molecule has 0 fully saturated rings. The molecule has 31 heavy (non-hydrogen) atoms. The molecule has 0 saturated carbocycles. The molecule has 2 N–H and O–H groups in total. The van der Waals surface area contributed by atoms with Gasteiger partial charge in [-0.1, -0.05) is 18.2 Å². The van der Waals surface area contributed by atoms with Gasteiger partial charge in [0, 0.05) is 18.7 Å². The van der Waals surface area contributed by atoms with Crippen LogP contribution in [0.4, 0.5) is 10.2 Å². The number of aromatic nitrogens is 6. The summed E-state index contributed by atoms with van der Waals surface area (Å²) in [4.78, 5) is 33.6. The molecule has 0 spiro atoms. The highest BCUT2D eigenvalue weighted by Crippen LogP contribution is 2.22. The molecular formula is C22H18FN7O. The minimum atomic E-state index is -0.404. The Balaban J connectivity index is 1.56. The zero-order valence-corrected chi connectivity index (χ0v) is 16.6. The predicted molar refractivity (Wildman–Crippen MR) is 115 cm³/mol. The molecule has 1 aromatic carbocycles. The minimum absolute atomic E-state index is 0.221. The van der Waals surface area contributed by atoms with Crippen LogP contribution in [-0.2, 0) is 6.42 Å². The summed E-state index contributed by atoms with van der Waals surface area (Å²) in [7, 11) is 0. The lowest BCUT2D eigenvalue weighted by Gasteiger charge is -2.13. The summed E-state index contributed by atoms with van der Waals surface area (Å²) in [5.41, 5.74) is 3.85. The van der Waals surface area contributed by atoms with Crippen molar-refractivity contribution in [3.63, 3.8) is 0 Å². The second-order valence-corrected chi connectivity index (χ2v) is 7.11. The third-order valence-electron chi connectivity index (χ3n) is 5.11. The van der Waals surface area contributed by atoms with Crippen molar-refractivity contribution in [1.29, 1.82) is 0 Å². The van der Waals surface area contributed by atoms with Crippen LogP contribution in [-0.4, -0.2) is 35.9 Å². The van der Waals surface area contributed by atoms with E-state index in [9.17, 15) is 9.18 Å². The lowest BCUT2D eigenvalue weighted by molar-refractivity contribution is 0.628. The Morgan fingerprint density at radius 3 is 2.87 bits per heavy atom. The third kappa shape index (κ3) is 3.39. The Morgan fingerprint density at radius 2 is 2.00 bits per heavy atom. The zero-order chi connectivity index (χ0) is 21.4. The van der Waals surface area contributed by atoms with Crippen LogP contribution in [0.25, 0.3) is 27.9 Å². The number of pyridine rings is 1. The number of nitrogens with one attached hydrogen (secondary N) is 2. The van der Waals surface area contributed by atoms with Gasteiger partial charge in [0.25, 0.3) is 5.56 Å². The average molecular weight is 415 g/mol. The Morgan fingerprint density at radius 1 is 1.13 bits per heavy atom. The quantitative estimate of drug-likeness (QED) is 0.457. The molecule has 5 aromatic rings. The summed E-state index contributed by atoms with van der Waals surface area (Å²) in [6.45, 7) is 2.30. The monoisotopic (exact) mass is 415 g/mol. The summed E-state index contributed by atoms with van der Waals surface area (Å²) in [5, 5.41) is 3.25. The van der Waals surface area contributed by atoms with Gasteiger partial charge in [0.1, 0.15) is 23.3 Å². The van der Waals surface area contributed by atoms with Crippen molar-refractivity contribution in [2.45, 2.75) is 13.3 Å². The number of anilines is 1. The molecule has 0 amide bonds. The number of H-pyrrole nitrogens is 1. The van der Waals surface area contributed by atoms with Gasteiger partial charge in [-0.05, 0) is 36.8 Å². The molecule has 0 atom stereocenters. The fourth-order valence-electron chi connectivity index (χ4n) is 3.70. The molecule has 9 heteroatoms. The lowest BCUT2D eigenvalue weighted by Crippen LogP contribution is -2.23. The number of benzene rings is 1. The van der Waals surface area contributed by atoms with Gasteiger partial charge in [-0.25, -0.2) is 24.3 Å². The zero-order valence-electron chi connectivity index (χ0n) is 16.6. The molecule has 4 heterocycles. The standard InChI is InChI=1S/C22H18FN7O/c1-13-4-2-7-17-29-16(8-9-24-20-19-21(26-11-25-19)28-12-27-20)18(22(31)30(13)17)14-5-3-6-15(23)10-14/h2-7,10-12H,8-9H2,1H3,(H2,24,25,26,27,28). The number of hydrogen-bond acceptors (Lipinski definition) is 6. The van der Waals surface area contributed by atoms with Gasteiger partial charge in [-0.3, -0.25) is 9.20 Å². The van der Waals surface area contributed by atoms with Crippen LogP contribution >= 0.6 is 0 Å². The Kier molecular flexibility index (Phi) is 4.62. The smallest absolute Gasteiger partial charge is 0.266 e. The van der Waals surface area contributed by atoms with Crippen LogP contribution < -0.4 is 10.9 Å². The number of halogens is 1. The number of nitrogens with zero attached hydrogens (tertiary/aromatic N) is 5. The molecule has 0 saturated heterocycles. The molecule has 8 nitrogen and oxygen atoms in total. The number of aryl methyl sites for hydroxylation is 1. The summed E-state index contributed by atoms with van der Waals surface area (Å²) < 4.78 is 15.5. The molecule has 5 rings (SSSR count). The minimum Gasteiger partial charge on any atom is -0.368 e. The van der Waals surface area contributed by atoms with Gasteiger partial charge < -0.3 is 10.3 Å². The van der Waals surface area contributed by atoms with E-state index in [1.54, 1.807) is 28.9 Å². The second kappa shape index (κ2) is 7.60. The number of hydrogen-bond donors (Lipinski definition) is 2. The van der Waals surface area contributed by atoms with E-state index < -0.39 is 5.82 Å². The Bertz CT molecular complexity index is 1470. The summed E-state index contributed by atoms with van der Waals surface area (Å²) in [6.07, 6.45) is 3.43. The molecule has 0 unspecified atom stereocenters. The van der Waals surface area contributed by atoms with E-state index >= 15 is 0 Å². The molecule has 0 aliphatic rings. The summed E-state index contributed by atoms with van der Waals surface area (Å²) in [6, 6.07) is 11.5. The average Bonchev–Trinajstić information content (AvgIpc) is 3.23. The molecule has 154 valence electrons. The van der Waals surface area contributed by atoms with E-state index in [0.717, 1.165) is 5.69 Å². The van der Waals surface area contributed by atoms with Crippen molar-refractivity contribution >= 4 is 22.6 Å². The number of imidazole rings is 1. The number of rotatable bonds is 5. The van der Waals surface area contributed by atoms with E-state index in [0.29, 0.717) is 52.4 Å². The van der Waals surface area contributed by atoms with Gasteiger partial charge in [-0.2, -0.15) is 0 Å². The lowest BCUT2D eigenvalue weighted by atomic mass is 10.0. The maximum Gasteiger partial charge on any atom is 0.266 e. The van der Waals surface area contributed by atoms with E-state index in [4.69, 9.17) is 4.98 Å². The Hall–Kier alpha value is -4.14. The Labute approximate surface area is 175 Å². The molecule has 0 aliphatic carbocycles. The molecule has 0 radical (unpaired) electrons. The highest BCUT2D eigenvalue weighted by Gasteiger charge is 2.16. The normalized spacial score (nSPS) is 11.3. The molecule has 4 aromatic heterocycles. The van der Waals surface area contributed by atoms with Crippen molar-refractivity contribution in [2.24, 2.45) is 0 Å². The molecular weight excluding hydrogens is 397 g/mol. The van der Waals surface area contributed by atoms with Crippen LogP contribution in [0.2, 0.25) is 0 Å². The van der Waals surface area contributed by atoms with E-state index in [1.807, 2.05) is 19.1 Å². The first-order chi connectivity index (χ1) is 15.1. The fraction of sp³-hybridized carbons (Fsp3) is 0.136. The first kappa shape index (κ1) is 18.9. The summed E-state index contributed by atoms with van der Waals surface area (Å²) >= 11 is 0. The van der Waals surface area contributed by atoms with Crippen molar-refractivity contribution in [3.8, 4) is 11.1 Å². The van der Waals surface area contributed by atoms with E-state index in [1.165, 1.54) is 18.5 Å². The second-order valence-electron chi connectivity index (χ2n) is 7.11. The van der Waals surface area contributed by atoms with Gasteiger partial charge in [0.05, 0.1) is 17.6 Å². The van der Waals surface area contributed by atoms with Crippen molar-refractivity contribution in [2.75, 3.05) is 11.9 Å². The van der Waals surface area contributed by atoms with Crippen molar-refractivity contribution in [3.05, 3.63) is 82.7 Å². The van der Waals surface area contributed by atoms with Crippen molar-refractivity contribution in [1.82, 2.24) is 29.3 Å². The van der Waals surface area contributed by atoms with Gasteiger partial charge in [0.2, 0.25) is 0 Å². The first-order valence-electron chi connectivity index (χ1n) is 9.77. The van der Waals surface area contributed by atoms with E-state index in [-0.39, 0.29) is 5.56 Å². The highest BCUT2D eigenvalue weighted by molar-refractivity contribution is 5.81. The highest BCUT2D eigenvalue weighted by atomic mass is 19.1. The van der Waals surface area contributed by atoms with Gasteiger partial charge in [-0.15, -0.1) is 0 Å². The van der Waals surface area contributed by atoms with Gasteiger partial charge >= 0.3 is 0 Å². The maximum absolute atomic E-state index is 13.9. The first-order valence-corrected chi connectivity index (χ1v) is 9.77. The van der Waals surface area contributed by atoms with Crippen molar-refractivity contribution < 1.29 is 4.39 Å².